The highest BCUT2D eigenvalue weighted by molar-refractivity contribution is 6.06. The van der Waals surface area contributed by atoms with Gasteiger partial charge in [-0.25, -0.2) is 14.5 Å². The van der Waals surface area contributed by atoms with Crippen LogP contribution in [0, 0.1) is 12.8 Å². The van der Waals surface area contributed by atoms with E-state index in [0.29, 0.717) is 22.3 Å². The van der Waals surface area contributed by atoms with Gasteiger partial charge in [0.25, 0.3) is 5.91 Å². The SMILES string of the molecule is CCC(C)n1ncc2c(C(=O)N[C@@H](C(=O)O)C(C)C)cc(C)nc21. The van der Waals surface area contributed by atoms with Crippen molar-refractivity contribution in [2.45, 2.75) is 53.1 Å². The van der Waals surface area contributed by atoms with Crippen LogP contribution in [-0.4, -0.2) is 37.8 Å². The smallest absolute Gasteiger partial charge is 0.326 e. The lowest BCUT2D eigenvalue weighted by Crippen LogP contribution is -2.44. The molecule has 2 rings (SSSR count). The van der Waals surface area contributed by atoms with Gasteiger partial charge >= 0.3 is 5.97 Å². The number of carboxylic acid groups (broad SMARTS) is 1. The number of aliphatic carboxylic acids is 1. The molecule has 0 saturated carbocycles. The number of pyridine rings is 1. The molecule has 0 fully saturated rings. The van der Waals surface area contributed by atoms with E-state index in [9.17, 15) is 14.7 Å². The molecule has 2 heterocycles. The molecule has 0 spiro atoms. The van der Waals surface area contributed by atoms with Crippen LogP contribution in [0.25, 0.3) is 11.0 Å². The summed E-state index contributed by atoms with van der Waals surface area (Å²) in [6, 6.07) is 0.889. The van der Waals surface area contributed by atoms with Crippen molar-refractivity contribution in [3.05, 3.63) is 23.5 Å². The molecule has 7 nitrogen and oxygen atoms in total. The van der Waals surface area contributed by atoms with Gasteiger partial charge in [0.2, 0.25) is 0 Å². The third kappa shape index (κ3) is 3.39. The summed E-state index contributed by atoms with van der Waals surface area (Å²) >= 11 is 0. The average molecular weight is 332 g/mol. The van der Waals surface area contributed by atoms with Gasteiger partial charge in [-0.1, -0.05) is 20.8 Å². The van der Waals surface area contributed by atoms with Crippen LogP contribution in [0.3, 0.4) is 0 Å². The van der Waals surface area contributed by atoms with Gasteiger partial charge in [-0.05, 0) is 32.3 Å². The van der Waals surface area contributed by atoms with Gasteiger partial charge in [0.1, 0.15) is 6.04 Å². The van der Waals surface area contributed by atoms with Crippen LogP contribution in [0.4, 0.5) is 0 Å². The number of nitrogens with zero attached hydrogens (tertiary/aromatic N) is 3. The molecule has 2 aromatic rings. The van der Waals surface area contributed by atoms with Crippen LogP contribution in [-0.2, 0) is 4.79 Å². The van der Waals surface area contributed by atoms with Crippen molar-refractivity contribution in [3.63, 3.8) is 0 Å². The van der Waals surface area contributed by atoms with Crippen LogP contribution in [0.2, 0.25) is 0 Å². The number of rotatable bonds is 6. The Morgan fingerprint density at radius 3 is 2.54 bits per heavy atom. The number of hydrogen-bond acceptors (Lipinski definition) is 4. The van der Waals surface area contributed by atoms with Crippen molar-refractivity contribution in [2.75, 3.05) is 0 Å². The second-order valence-electron chi connectivity index (χ2n) is 6.43. The topological polar surface area (TPSA) is 97.1 Å². The molecule has 0 saturated heterocycles. The zero-order valence-electron chi connectivity index (χ0n) is 14.7. The Morgan fingerprint density at radius 1 is 1.33 bits per heavy atom. The largest absolute Gasteiger partial charge is 0.480 e. The van der Waals surface area contributed by atoms with Crippen LogP contribution < -0.4 is 5.32 Å². The monoisotopic (exact) mass is 332 g/mol. The molecule has 2 atom stereocenters. The second kappa shape index (κ2) is 6.98. The molecule has 2 aromatic heterocycles. The fourth-order valence-corrected chi connectivity index (χ4v) is 2.56. The minimum absolute atomic E-state index is 0.162. The van der Waals surface area contributed by atoms with E-state index >= 15 is 0 Å². The first kappa shape index (κ1) is 17.9. The summed E-state index contributed by atoms with van der Waals surface area (Å²) in [6.07, 6.45) is 2.51. The van der Waals surface area contributed by atoms with E-state index in [1.54, 1.807) is 37.7 Å². The number of nitrogens with one attached hydrogen (secondary N) is 1. The fourth-order valence-electron chi connectivity index (χ4n) is 2.56. The van der Waals surface area contributed by atoms with Crippen molar-refractivity contribution in [1.82, 2.24) is 20.1 Å². The van der Waals surface area contributed by atoms with Gasteiger partial charge in [0.05, 0.1) is 23.2 Å². The average Bonchev–Trinajstić information content (AvgIpc) is 2.93. The highest BCUT2D eigenvalue weighted by Gasteiger charge is 2.25. The van der Waals surface area contributed by atoms with E-state index in [4.69, 9.17) is 0 Å². The minimum atomic E-state index is -1.05. The van der Waals surface area contributed by atoms with Crippen LogP contribution in [0.5, 0.6) is 0 Å². The summed E-state index contributed by atoms with van der Waals surface area (Å²) in [4.78, 5) is 28.5. The maximum absolute atomic E-state index is 12.6. The third-order valence-corrected chi connectivity index (χ3v) is 4.17. The molecule has 130 valence electrons. The van der Waals surface area contributed by atoms with Crippen molar-refractivity contribution >= 4 is 22.9 Å². The summed E-state index contributed by atoms with van der Waals surface area (Å²) in [5, 5.41) is 16.9. The van der Waals surface area contributed by atoms with Crippen LogP contribution in [0.1, 0.15) is 56.2 Å². The third-order valence-electron chi connectivity index (χ3n) is 4.17. The predicted molar refractivity (Wildman–Crippen MR) is 91.0 cm³/mol. The molecule has 0 bridgehead atoms. The maximum Gasteiger partial charge on any atom is 0.326 e. The molecule has 0 radical (unpaired) electrons. The molecule has 7 heteroatoms. The zero-order chi connectivity index (χ0) is 18.0. The molecule has 1 amide bonds. The Hall–Kier alpha value is -2.44. The number of aryl methyl sites for hydroxylation is 1. The molecule has 24 heavy (non-hydrogen) atoms. The molecule has 1 unspecified atom stereocenters. The van der Waals surface area contributed by atoms with E-state index < -0.39 is 17.9 Å². The summed E-state index contributed by atoms with van der Waals surface area (Å²) in [6.45, 7) is 9.42. The van der Waals surface area contributed by atoms with Crippen molar-refractivity contribution in [1.29, 1.82) is 0 Å². The predicted octanol–water partition coefficient (Wildman–Crippen LogP) is 2.55. The lowest BCUT2D eigenvalue weighted by molar-refractivity contribution is -0.140. The van der Waals surface area contributed by atoms with Crippen molar-refractivity contribution in [3.8, 4) is 0 Å². The molecule has 0 aliphatic rings. The Balaban J connectivity index is 2.47. The van der Waals surface area contributed by atoms with Crippen molar-refractivity contribution < 1.29 is 14.7 Å². The first-order valence-electron chi connectivity index (χ1n) is 8.14. The zero-order valence-corrected chi connectivity index (χ0v) is 14.7. The number of fused-ring (bicyclic) bond motifs is 1. The second-order valence-corrected chi connectivity index (χ2v) is 6.43. The molecule has 0 aliphatic carbocycles. The highest BCUT2D eigenvalue weighted by Crippen LogP contribution is 2.22. The number of amides is 1. The first-order valence-corrected chi connectivity index (χ1v) is 8.14. The normalized spacial score (nSPS) is 13.9. The maximum atomic E-state index is 12.6. The molecular weight excluding hydrogens is 308 g/mol. The first-order chi connectivity index (χ1) is 11.3. The quantitative estimate of drug-likeness (QED) is 0.847. The van der Waals surface area contributed by atoms with Gasteiger partial charge < -0.3 is 10.4 Å². The summed E-state index contributed by atoms with van der Waals surface area (Å²) in [5.74, 6) is -1.68. The lowest BCUT2D eigenvalue weighted by Gasteiger charge is -2.18. The van der Waals surface area contributed by atoms with Crippen molar-refractivity contribution in [2.24, 2.45) is 5.92 Å². The molecule has 0 aliphatic heterocycles. The molecular formula is C17H24N4O3. The Morgan fingerprint density at radius 2 is 2.00 bits per heavy atom. The summed E-state index contributed by atoms with van der Waals surface area (Å²) in [7, 11) is 0. The van der Waals surface area contributed by atoms with E-state index in [1.165, 1.54) is 0 Å². The fraction of sp³-hybridized carbons (Fsp3) is 0.529. The lowest BCUT2D eigenvalue weighted by atomic mass is 10.0. The number of carbonyl (C=O) groups excluding carboxylic acids is 1. The minimum Gasteiger partial charge on any atom is -0.480 e. The number of carboxylic acids is 1. The van der Waals surface area contributed by atoms with Gasteiger partial charge in [0.15, 0.2) is 5.65 Å². The van der Waals surface area contributed by atoms with Gasteiger partial charge in [0, 0.05) is 5.69 Å². The van der Waals surface area contributed by atoms with Gasteiger partial charge in [-0.15, -0.1) is 0 Å². The molecule has 0 aromatic carbocycles. The van der Waals surface area contributed by atoms with E-state index in [-0.39, 0.29) is 12.0 Å². The standard InChI is InChI=1S/C17H24N4O3/c1-6-11(5)21-15-13(8-18-21)12(7-10(4)19-15)16(22)20-14(9(2)3)17(23)24/h7-9,11,14H,6H2,1-5H3,(H,20,22)(H,23,24)/t11?,14-/m1/s1. The number of aromatic nitrogens is 3. The summed E-state index contributed by atoms with van der Waals surface area (Å²) < 4.78 is 1.80. The van der Waals surface area contributed by atoms with E-state index in [0.717, 1.165) is 6.42 Å². The Bertz CT molecular complexity index is 767. The van der Waals surface area contributed by atoms with Gasteiger partial charge in [-0.2, -0.15) is 5.10 Å². The Kier molecular flexibility index (Phi) is 5.21. The number of hydrogen-bond donors (Lipinski definition) is 2. The molecule has 2 N–H and O–H groups in total. The van der Waals surface area contributed by atoms with E-state index in [1.807, 2.05) is 6.92 Å². The van der Waals surface area contributed by atoms with Gasteiger partial charge in [-0.3, -0.25) is 4.79 Å². The number of carbonyl (C=O) groups is 2. The van der Waals surface area contributed by atoms with Crippen LogP contribution in [0.15, 0.2) is 12.3 Å². The Labute approximate surface area is 141 Å². The van der Waals surface area contributed by atoms with Crippen LogP contribution >= 0.6 is 0 Å². The van der Waals surface area contributed by atoms with E-state index in [2.05, 4.69) is 22.3 Å². The highest BCUT2D eigenvalue weighted by atomic mass is 16.4. The summed E-state index contributed by atoms with van der Waals surface area (Å²) in [5.41, 5.74) is 1.74.